The Hall–Kier alpha value is -4.38. The highest BCUT2D eigenvalue weighted by Gasteiger charge is 2.87. The third-order valence-electron chi connectivity index (χ3n) is 6.41. The molecule has 0 aliphatic carbocycles. The molecule has 1 aliphatic rings. The molecule has 5 rings (SSSR count). The van der Waals surface area contributed by atoms with Crippen molar-refractivity contribution in [2.24, 2.45) is 0 Å². The summed E-state index contributed by atoms with van der Waals surface area (Å²) >= 11 is 0. The van der Waals surface area contributed by atoms with Crippen LogP contribution in [0.2, 0.25) is 0 Å². The molecule has 0 aromatic heterocycles. The zero-order valence-corrected chi connectivity index (χ0v) is 20.0. The van der Waals surface area contributed by atoms with Crippen molar-refractivity contribution >= 4 is 11.4 Å². The number of hydrogen-bond donors (Lipinski definition) is 3. The minimum absolute atomic E-state index is 0.158. The van der Waals surface area contributed by atoms with Gasteiger partial charge in [-0.05, 0) is 83.9 Å². The highest BCUT2D eigenvalue weighted by Crippen LogP contribution is 2.62. The molecule has 0 bridgehead atoms. The number of alkyl halides is 6. The fraction of sp³-hybridized carbons (Fsp3) is 0.143. The molecule has 0 atom stereocenters. The van der Waals surface area contributed by atoms with Crippen LogP contribution in [-0.4, -0.2) is 17.9 Å². The normalized spacial score (nSPS) is 18.4. The summed E-state index contributed by atoms with van der Waals surface area (Å²) < 4.78 is 100. The van der Waals surface area contributed by atoms with Crippen molar-refractivity contribution < 1.29 is 35.8 Å². The Kier molecular flexibility index (Phi) is 6.14. The lowest BCUT2D eigenvalue weighted by atomic mass is 9.78. The summed E-state index contributed by atoms with van der Waals surface area (Å²) in [6, 6.07) is 16.3. The van der Waals surface area contributed by atoms with Gasteiger partial charge in [0.2, 0.25) is 0 Å². The van der Waals surface area contributed by atoms with E-state index in [2.05, 4.69) is 0 Å². The summed E-state index contributed by atoms with van der Waals surface area (Å²) in [6.45, 7) is 0. The molecule has 0 radical (unpaired) electrons. The van der Waals surface area contributed by atoms with Crippen molar-refractivity contribution in [1.82, 2.24) is 5.32 Å². The maximum absolute atomic E-state index is 15.5. The number of halogens is 6. The minimum Gasteiger partial charge on any atom is -0.457 e. The molecule has 0 unspecified atom stereocenters. The Bertz CT molecular complexity index is 1370. The van der Waals surface area contributed by atoms with Gasteiger partial charge in [-0.1, -0.05) is 24.3 Å². The first-order valence-electron chi connectivity index (χ1n) is 11.6. The zero-order valence-electron chi connectivity index (χ0n) is 20.0. The van der Waals surface area contributed by atoms with Crippen LogP contribution in [0.5, 0.6) is 23.0 Å². The van der Waals surface area contributed by atoms with E-state index in [1.807, 2.05) is 0 Å². The standard InChI is InChI=1S/C28H21F6N3O2/c29-26(30)25(37-28(33,34)27(26,31)32,17-1-9-21(10-2-17)38-23-13-5-19(35)6-14-23)18-3-11-22(12-4-18)39-24-15-7-20(36)8-16-24/h1-16,37H,35-36H2. The summed E-state index contributed by atoms with van der Waals surface area (Å²) in [4.78, 5) is 0. The number of benzene rings is 4. The highest BCUT2D eigenvalue weighted by molar-refractivity contribution is 5.50. The van der Waals surface area contributed by atoms with Crippen LogP contribution in [0.4, 0.5) is 37.7 Å². The van der Waals surface area contributed by atoms with Gasteiger partial charge in [0.1, 0.15) is 28.5 Å². The van der Waals surface area contributed by atoms with Crippen molar-refractivity contribution in [2.45, 2.75) is 23.4 Å². The average Bonchev–Trinajstić information content (AvgIpc) is 3.01. The molecule has 0 amide bonds. The van der Waals surface area contributed by atoms with E-state index in [1.165, 1.54) is 29.6 Å². The summed E-state index contributed by atoms with van der Waals surface area (Å²) in [7, 11) is 0. The van der Waals surface area contributed by atoms with Gasteiger partial charge in [-0.2, -0.15) is 26.3 Å². The van der Waals surface area contributed by atoms with Crippen LogP contribution in [0.15, 0.2) is 97.1 Å². The van der Waals surface area contributed by atoms with Crippen molar-refractivity contribution in [3.63, 3.8) is 0 Å². The van der Waals surface area contributed by atoms with E-state index in [1.54, 1.807) is 48.5 Å². The van der Waals surface area contributed by atoms with Crippen LogP contribution >= 0.6 is 0 Å². The number of hydrogen-bond acceptors (Lipinski definition) is 5. The number of anilines is 2. The number of ether oxygens (including phenoxy) is 2. The van der Waals surface area contributed by atoms with Crippen LogP contribution in [0.3, 0.4) is 0 Å². The van der Waals surface area contributed by atoms with Crippen molar-refractivity contribution in [3.8, 4) is 23.0 Å². The van der Waals surface area contributed by atoms with Crippen LogP contribution < -0.4 is 26.3 Å². The molecule has 39 heavy (non-hydrogen) atoms. The Balaban J connectivity index is 1.54. The smallest absolute Gasteiger partial charge is 0.388 e. The summed E-state index contributed by atoms with van der Waals surface area (Å²) in [5, 5.41) is 1.26. The van der Waals surface area contributed by atoms with Crippen LogP contribution in [0, 0.1) is 0 Å². The second-order valence-electron chi connectivity index (χ2n) is 8.99. The quantitative estimate of drug-likeness (QED) is 0.136. The molecule has 5 nitrogen and oxygen atoms in total. The van der Waals surface area contributed by atoms with Gasteiger partial charge in [0.25, 0.3) is 0 Å². The first kappa shape index (κ1) is 26.2. The molecule has 1 fully saturated rings. The van der Waals surface area contributed by atoms with Gasteiger partial charge >= 0.3 is 17.9 Å². The van der Waals surface area contributed by atoms with Gasteiger partial charge in [-0.15, -0.1) is 0 Å². The SMILES string of the molecule is Nc1ccc(Oc2ccc(C3(c4ccc(Oc5ccc(N)cc5)cc4)NC(F)(F)C(F)(F)C3(F)F)cc2)cc1. The lowest BCUT2D eigenvalue weighted by Crippen LogP contribution is -2.54. The maximum Gasteiger partial charge on any atom is 0.388 e. The number of nitrogen functional groups attached to an aromatic ring is 2. The van der Waals surface area contributed by atoms with E-state index in [-0.39, 0.29) is 11.5 Å². The third kappa shape index (κ3) is 4.28. The van der Waals surface area contributed by atoms with Crippen LogP contribution in [0.1, 0.15) is 11.1 Å². The van der Waals surface area contributed by atoms with Crippen LogP contribution in [0.25, 0.3) is 0 Å². The van der Waals surface area contributed by atoms with E-state index < -0.39 is 34.6 Å². The fourth-order valence-corrected chi connectivity index (χ4v) is 4.39. The maximum atomic E-state index is 15.5. The molecule has 1 heterocycles. The second-order valence-corrected chi connectivity index (χ2v) is 8.99. The number of rotatable bonds is 6. The third-order valence-corrected chi connectivity index (χ3v) is 6.41. The van der Waals surface area contributed by atoms with Gasteiger partial charge in [0.05, 0.1) is 0 Å². The summed E-state index contributed by atoms with van der Waals surface area (Å²) in [5.41, 5.74) is 7.90. The molecule has 5 N–H and O–H groups in total. The first-order chi connectivity index (χ1) is 18.4. The topological polar surface area (TPSA) is 82.5 Å². The van der Waals surface area contributed by atoms with Gasteiger partial charge in [0.15, 0.2) is 0 Å². The van der Waals surface area contributed by atoms with Gasteiger partial charge in [-0.25, -0.2) is 5.32 Å². The molecule has 202 valence electrons. The van der Waals surface area contributed by atoms with E-state index >= 15 is 8.78 Å². The van der Waals surface area contributed by atoms with E-state index in [0.29, 0.717) is 22.9 Å². The molecule has 0 saturated carbocycles. The lowest BCUT2D eigenvalue weighted by Gasteiger charge is -2.36. The second kappa shape index (κ2) is 9.12. The Morgan fingerprint density at radius 2 is 0.769 bits per heavy atom. The molecular formula is C28H21F6N3O2. The fourth-order valence-electron chi connectivity index (χ4n) is 4.39. The van der Waals surface area contributed by atoms with E-state index in [0.717, 1.165) is 24.3 Å². The number of nitrogens with one attached hydrogen (secondary N) is 1. The van der Waals surface area contributed by atoms with Crippen molar-refractivity contribution in [1.29, 1.82) is 0 Å². The average molecular weight is 545 g/mol. The molecule has 1 saturated heterocycles. The molecule has 11 heteroatoms. The number of nitrogens with two attached hydrogens (primary N) is 2. The van der Waals surface area contributed by atoms with Crippen molar-refractivity contribution in [3.05, 3.63) is 108 Å². The predicted molar refractivity (Wildman–Crippen MR) is 133 cm³/mol. The molecular weight excluding hydrogens is 524 g/mol. The van der Waals surface area contributed by atoms with Crippen molar-refractivity contribution in [2.75, 3.05) is 11.5 Å². The summed E-state index contributed by atoms with van der Waals surface area (Å²) in [6.07, 6.45) is 0. The first-order valence-corrected chi connectivity index (χ1v) is 11.6. The molecule has 4 aromatic rings. The largest absolute Gasteiger partial charge is 0.457 e. The summed E-state index contributed by atoms with van der Waals surface area (Å²) in [5.74, 6) is -9.91. The minimum atomic E-state index is -5.71. The van der Waals surface area contributed by atoms with Gasteiger partial charge in [0, 0.05) is 11.4 Å². The molecule has 0 spiro atoms. The van der Waals surface area contributed by atoms with Gasteiger partial charge in [-0.3, -0.25) is 0 Å². The zero-order chi connectivity index (χ0) is 28.1. The molecule has 4 aromatic carbocycles. The van der Waals surface area contributed by atoms with E-state index in [4.69, 9.17) is 20.9 Å². The van der Waals surface area contributed by atoms with Gasteiger partial charge < -0.3 is 20.9 Å². The molecule has 1 aliphatic heterocycles. The van der Waals surface area contributed by atoms with Crippen LogP contribution in [-0.2, 0) is 5.54 Å². The lowest BCUT2D eigenvalue weighted by molar-refractivity contribution is -0.279. The monoisotopic (exact) mass is 545 g/mol. The Morgan fingerprint density at radius 1 is 0.462 bits per heavy atom. The Morgan fingerprint density at radius 3 is 1.05 bits per heavy atom. The Labute approximate surface area is 219 Å². The predicted octanol–water partition coefficient (Wildman–Crippen LogP) is 7.15. The highest BCUT2D eigenvalue weighted by atomic mass is 19.3. The van der Waals surface area contributed by atoms with E-state index in [9.17, 15) is 17.6 Å².